The Balaban J connectivity index is 1.61. The minimum absolute atomic E-state index is 0.103. The maximum Gasteiger partial charge on any atom is 0.326 e. The molecule has 0 atom stereocenters. The number of nitrogens with one attached hydrogen (secondary N) is 2. The van der Waals surface area contributed by atoms with Crippen molar-refractivity contribution in [3.8, 4) is 22.6 Å². The molecule has 0 saturated carbocycles. The summed E-state index contributed by atoms with van der Waals surface area (Å²) in [6.45, 7) is 5.46. The fourth-order valence-electron chi connectivity index (χ4n) is 3.80. The second kappa shape index (κ2) is 8.95. The van der Waals surface area contributed by atoms with Gasteiger partial charge in [0.2, 0.25) is 0 Å². The van der Waals surface area contributed by atoms with Crippen molar-refractivity contribution < 1.29 is 28.0 Å². The van der Waals surface area contributed by atoms with Gasteiger partial charge in [-0.05, 0) is 73.0 Å². The molecule has 3 aromatic heterocycles. The monoisotopic (exact) mass is 495 g/mol. The summed E-state index contributed by atoms with van der Waals surface area (Å²) in [5.74, 6) is -0.538. The van der Waals surface area contributed by atoms with Crippen LogP contribution in [0.5, 0.6) is 11.5 Å². The molecule has 0 amide bonds. The highest BCUT2D eigenvalue weighted by Gasteiger charge is 2.21. The predicted molar refractivity (Wildman–Crippen MR) is 128 cm³/mol. The summed E-state index contributed by atoms with van der Waals surface area (Å²) in [5, 5.41) is 15.1. The largest absolute Gasteiger partial charge is 0.454 e. The predicted octanol–water partition coefficient (Wildman–Crippen LogP) is 6.46. The molecule has 7 nitrogen and oxygen atoms in total. The quantitative estimate of drug-likeness (QED) is 0.142. The summed E-state index contributed by atoms with van der Waals surface area (Å²) < 4.78 is 43.3. The molecule has 0 aliphatic rings. The summed E-state index contributed by atoms with van der Waals surface area (Å²) in [6.07, 6.45) is 1.72. The average molecular weight is 496 g/mol. The molecule has 0 bridgehead atoms. The van der Waals surface area contributed by atoms with Crippen molar-refractivity contribution in [1.29, 1.82) is 0 Å². The Morgan fingerprint density at radius 1 is 1.03 bits per heavy atom. The van der Waals surface area contributed by atoms with Crippen molar-refractivity contribution in [2.45, 2.75) is 25.7 Å². The molecule has 5 aromatic rings. The first-order valence-electron chi connectivity index (χ1n) is 10.7. The summed E-state index contributed by atoms with van der Waals surface area (Å²) in [7, 11) is 0. The van der Waals surface area contributed by atoms with Crippen LogP contribution in [0.25, 0.3) is 22.2 Å². The Bertz CT molecular complexity index is 1540. The van der Waals surface area contributed by atoms with E-state index in [9.17, 15) is 14.0 Å². The fourth-order valence-corrected chi connectivity index (χ4v) is 4.51. The van der Waals surface area contributed by atoms with Crippen LogP contribution in [0.2, 0.25) is 0 Å². The standard InChI is InChI=1S/C25H20F2N4O3S/c1-13-10-19(18-8-9-28-25(18)31(13)32)20-12-17(30-35-24-14(2)29-34-15(24)3)5-7-22(20)33-23-6-4-16(26)11-21(23)27/h4-12,30,32H,1-3H3/p+1. The van der Waals surface area contributed by atoms with Gasteiger partial charge in [-0.3, -0.25) is 0 Å². The van der Waals surface area contributed by atoms with Crippen molar-refractivity contribution in [1.82, 2.24) is 10.1 Å². The lowest BCUT2D eigenvalue weighted by atomic mass is 10.0. The van der Waals surface area contributed by atoms with E-state index >= 15 is 0 Å². The molecular weight excluding hydrogens is 474 g/mol. The molecule has 35 heavy (non-hydrogen) atoms. The summed E-state index contributed by atoms with van der Waals surface area (Å²) in [6, 6.07) is 12.2. The van der Waals surface area contributed by atoms with Gasteiger partial charge in [0.15, 0.2) is 11.6 Å². The molecule has 0 unspecified atom stereocenters. The van der Waals surface area contributed by atoms with Crippen LogP contribution in [0.4, 0.5) is 14.5 Å². The van der Waals surface area contributed by atoms with E-state index in [1.807, 2.05) is 32.0 Å². The number of hydrogen-bond acceptors (Lipinski definition) is 6. The Kier molecular flexibility index (Phi) is 5.81. The fraction of sp³-hybridized carbons (Fsp3) is 0.120. The first-order valence-corrected chi connectivity index (χ1v) is 11.5. The van der Waals surface area contributed by atoms with Gasteiger partial charge in [-0.1, -0.05) is 5.16 Å². The van der Waals surface area contributed by atoms with Crippen molar-refractivity contribution in [2.75, 3.05) is 4.72 Å². The maximum atomic E-state index is 14.4. The molecular formula is C25H21F2N4O3S+. The van der Waals surface area contributed by atoms with E-state index in [0.29, 0.717) is 28.4 Å². The summed E-state index contributed by atoms with van der Waals surface area (Å²) in [4.78, 5) is 3.91. The van der Waals surface area contributed by atoms with Crippen LogP contribution in [-0.4, -0.2) is 15.3 Å². The third kappa shape index (κ3) is 4.28. The second-order valence-electron chi connectivity index (χ2n) is 8.00. The van der Waals surface area contributed by atoms with Crippen LogP contribution >= 0.6 is 11.9 Å². The molecule has 3 N–H and O–H groups in total. The third-order valence-corrected chi connectivity index (χ3v) is 6.66. The first kappa shape index (κ1) is 22.7. The summed E-state index contributed by atoms with van der Waals surface area (Å²) >= 11 is 1.36. The first-order chi connectivity index (χ1) is 16.8. The molecule has 3 heterocycles. The molecule has 0 aliphatic heterocycles. The van der Waals surface area contributed by atoms with E-state index in [1.165, 1.54) is 18.0 Å². The van der Waals surface area contributed by atoms with E-state index in [4.69, 9.17) is 9.26 Å². The van der Waals surface area contributed by atoms with Gasteiger partial charge in [0.25, 0.3) is 0 Å². The van der Waals surface area contributed by atoms with Crippen LogP contribution in [0, 0.1) is 32.4 Å². The number of ether oxygens (including phenoxy) is 1. The van der Waals surface area contributed by atoms with Crippen LogP contribution in [-0.2, 0) is 0 Å². The number of nitrogens with zero attached hydrogens (tertiary/aromatic N) is 2. The Hall–Kier alpha value is -4.05. The lowest BCUT2D eigenvalue weighted by Crippen LogP contribution is -2.34. The Labute approximate surface area is 203 Å². The zero-order chi connectivity index (χ0) is 24.7. The van der Waals surface area contributed by atoms with E-state index in [0.717, 1.165) is 44.1 Å². The van der Waals surface area contributed by atoms with Crippen LogP contribution in [0.1, 0.15) is 17.1 Å². The Morgan fingerprint density at radius 3 is 2.57 bits per heavy atom. The van der Waals surface area contributed by atoms with Gasteiger partial charge in [0.05, 0.1) is 22.2 Å². The highest BCUT2D eigenvalue weighted by atomic mass is 32.2. The number of pyridine rings is 1. The zero-order valence-corrected chi connectivity index (χ0v) is 19.8. The van der Waals surface area contributed by atoms with Gasteiger partial charge in [-0.2, -0.15) is 0 Å². The van der Waals surface area contributed by atoms with Crippen molar-refractivity contribution >= 4 is 28.7 Å². The number of halogens is 2. The topological polar surface area (TPSA) is 87.2 Å². The molecule has 0 fully saturated rings. The van der Waals surface area contributed by atoms with Gasteiger partial charge in [0, 0.05) is 29.8 Å². The summed E-state index contributed by atoms with van der Waals surface area (Å²) in [5.41, 5.74) is 4.00. The number of hydrogen-bond donors (Lipinski definition) is 3. The van der Waals surface area contributed by atoms with Gasteiger partial charge >= 0.3 is 5.65 Å². The number of H-pyrrole nitrogens is 1. The van der Waals surface area contributed by atoms with Crippen LogP contribution < -0.4 is 14.2 Å². The molecule has 0 aliphatic carbocycles. The molecule has 0 radical (unpaired) electrons. The van der Waals surface area contributed by atoms with Crippen LogP contribution in [0.3, 0.4) is 0 Å². The van der Waals surface area contributed by atoms with Crippen molar-refractivity contribution in [3.63, 3.8) is 0 Å². The lowest BCUT2D eigenvalue weighted by molar-refractivity contribution is -0.889. The molecule has 5 rings (SSSR count). The normalized spacial score (nSPS) is 11.2. The number of aryl methyl sites for hydroxylation is 3. The SMILES string of the molecule is Cc1noc(C)c1SNc1ccc(Oc2ccc(F)cc2F)c(-c2cc(C)[n+](O)c3[nH]ccc23)c1. The van der Waals surface area contributed by atoms with E-state index in [1.54, 1.807) is 25.3 Å². The minimum Gasteiger partial charge on any atom is -0.454 e. The highest BCUT2D eigenvalue weighted by molar-refractivity contribution is 8.00. The second-order valence-corrected chi connectivity index (χ2v) is 8.81. The van der Waals surface area contributed by atoms with Crippen LogP contribution in [0.15, 0.2) is 64.1 Å². The lowest BCUT2D eigenvalue weighted by Gasteiger charge is -2.15. The van der Waals surface area contributed by atoms with E-state index in [2.05, 4.69) is 14.9 Å². The highest BCUT2D eigenvalue weighted by Crippen LogP contribution is 2.40. The van der Waals surface area contributed by atoms with Gasteiger partial charge in [0.1, 0.15) is 23.0 Å². The average Bonchev–Trinajstić information content (AvgIpc) is 3.44. The number of aromatic nitrogens is 3. The Morgan fingerprint density at radius 2 is 1.83 bits per heavy atom. The van der Waals surface area contributed by atoms with E-state index < -0.39 is 11.6 Å². The minimum atomic E-state index is -0.809. The number of benzene rings is 2. The molecule has 0 spiro atoms. The zero-order valence-electron chi connectivity index (χ0n) is 19.0. The smallest absolute Gasteiger partial charge is 0.326 e. The van der Waals surface area contributed by atoms with E-state index in [-0.39, 0.29) is 5.75 Å². The maximum absolute atomic E-state index is 14.4. The van der Waals surface area contributed by atoms with Gasteiger partial charge in [-0.25, -0.2) is 13.8 Å². The third-order valence-electron chi connectivity index (χ3n) is 5.54. The van der Waals surface area contributed by atoms with Gasteiger partial charge < -0.3 is 19.2 Å². The van der Waals surface area contributed by atoms with Crippen molar-refractivity contribution in [3.05, 3.63) is 83.5 Å². The van der Waals surface area contributed by atoms with Gasteiger partial charge in [-0.15, -0.1) is 0 Å². The molecule has 178 valence electrons. The number of anilines is 1. The molecule has 2 aromatic carbocycles. The number of fused-ring (bicyclic) bond motifs is 1. The molecule has 10 heteroatoms. The number of aromatic amines is 1. The molecule has 0 saturated heterocycles. The number of rotatable bonds is 6. The van der Waals surface area contributed by atoms with Crippen molar-refractivity contribution in [2.24, 2.45) is 0 Å².